The van der Waals surface area contributed by atoms with Gasteiger partial charge >= 0.3 is 0 Å². The van der Waals surface area contributed by atoms with Crippen molar-refractivity contribution in [3.05, 3.63) is 12.4 Å². The number of hydrogen-bond donors (Lipinski definition) is 0. The molecule has 1 atom stereocenters. The van der Waals surface area contributed by atoms with Crippen molar-refractivity contribution in [2.24, 2.45) is 0 Å². The van der Waals surface area contributed by atoms with Gasteiger partial charge in [0, 0.05) is 18.4 Å². The van der Waals surface area contributed by atoms with Crippen LogP contribution < -0.4 is 9.64 Å². The van der Waals surface area contributed by atoms with Crippen molar-refractivity contribution < 1.29 is 4.74 Å². The number of halogens is 1. The lowest BCUT2D eigenvalue weighted by Crippen LogP contribution is -2.30. The zero-order chi connectivity index (χ0) is 10.6. The van der Waals surface area contributed by atoms with Crippen molar-refractivity contribution in [2.45, 2.75) is 13.0 Å². The maximum atomic E-state index is 5.01. The van der Waals surface area contributed by atoms with Crippen LogP contribution in [0.4, 0.5) is 5.82 Å². The third-order valence-corrected chi connectivity index (χ3v) is 2.99. The summed E-state index contributed by atoms with van der Waals surface area (Å²) in [7, 11) is 3.57. The highest BCUT2D eigenvalue weighted by Gasteiger charge is 2.10. The average molecular weight is 260 g/mol. The highest BCUT2D eigenvalue weighted by molar-refractivity contribution is 9.09. The van der Waals surface area contributed by atoms with E-state index in [9.17, 15) is 0 Å². The number of ether oxygens (including phenoxy) is 1. The highest BCUT2D eigenvalue weighted by Crippen LogP contribution is 2.15. The van der Waals surface area contributed by atoms with Crippen LogP contribution in [-0.2, 0) is 0 Å². The molecule has 0 aliphatic heterocycles. The SMILES string of the molecule is COc1cncc(N(C)C(C)CBr)n1. The average Bonchev–Trinajstić information content (AvgIpc) is 2.27. The van der Waals surface area contributed by atoms with Crippen LogP contribution in [0.15, 0.2) is 12.4 Å². The van der Waals surface area contributed by atoms with Gasteiger partial charge in [-0.15, -0.1) is 0 Å². The molecule has 0 aliphatic carbocycles. The fourth-order valence-electron chi connectivity index (χ4n) is 0.936. The smallest absolute Gasteiger partial charge is 0.233 e. The number of nitrogens with zero attached hydrogens (tertiary/aromatic N) is 3. The third kappa shape index (κ3) is 2.57. The van der Waals surface area contributed by atoms with E-state index in [4.69, 9.17) is 4.74 Å². The van der Waals surface area contributed by atoms with E-state index in [1.54, 1.807) is 19.5 Å². The first-order valence-corrected chi connectivity index (χ1v) is 5.46. The summed E-state index contributed by atoms with van der Waals surface area (Å²) in [4.78, 5) is 10.4. The van der Waals surface area contributed by atoms with Crippen LogP contribution in [0.3, 0.4) is 0 Å². The van der Waals surface area contributed by atoms with E-state index in [1.807, 2.05) is 11.9 Å². The molecule has 0 bridgehead atoms. The standard InChI is InChI=1S/C9H14BrN3O/c1-7(4-10)13(2)8-5-11-6-9(12-8)14-3/h5-7H,4H2,1-3H3. The molecular weight excluding hydrogens is 246 g/mol. The quantitative estimate of drug-likeness (QED) is 0.772. The number of alkyl halides is 1. The van der Waals surface area contributed by atoms with Crippen molar-refractivity contribution in [1.82, 2.24) is 9.97 Å². The Balaban J connectivity index is 2.83. The van der Waals surface area contributed by atoms with Crippen LogP contribution in [0.5, 0.6) is 5.88 Å². The second-order valence-electron chi connectivity index (χ2n) is 3.03. The van der Waals surface area contributed by atoms with Gasteiger partial charge in [0.15, 0.2) is 5.82 Å². The molecule has 0 fully saturated rings. The Hall–Kier alpha value is -0.840. The normalized spacial score (nSPS) is 12.3. The van der Waals surface area contributed by atoms with Gasteiger partial charge in [-0.05, 0) is 6.92 Å². The zero-order valence-corrected chi connectivity index (χ0v) is 10.2. The maximum Gasteiger partial charge on any atom is 0.233 e. The van der Waals surface area contributed by atoms with Gasteiger partial charge in [-0.1, -0.05) is 15.9 Å². The molecule has 1 rings (SSSR count). The Morgan fingerprint density at radius 1 is 1.57 bits per heavy atom. The fourth-order valence-corrected chi connectivity index (χ4v) is 1.37. The van der Waals surface area contributed by atoms with Crippen LogP contribution in [0, 0.1) is 0 Å². The van der Waals surface area contributed by atoms with E-state index in [-0.39, 0.29) is 0 Å². The molecule has 1 heterocycles. The molecule has 0 amide bonds. The van der Waals surface area contributed by atoms with Crippen molar-refractivity contribution in [3.8, 4) is 5.88 Å². The Labute approximate surface area is 92.4 Å². The van der Waals surface area contributed by atoms with Crippen molar-refractivity contribution in [2.75, 3.05) is 24.4 Å². The molecule has 1 unspecified atom stereocenters. The van der Waals surface area contributed by atoms with E-state index in [1.165, 1.54) is 0 Å². The van der Waals surface area contributed by atoms with Crippen LogP contribution in [0.2, 0.25) is 0 Å². The number of methoxy groups -OCH3 is 1. The molecule has 0 aliphatic rings. The van der Waals surface area contributed by atoms with Gasteiger partial charge in [-0.3, -0.25) is 4.98 Å². The van der Waals surface area contributed by atoms with E-state index in [2.05, 4.69) is 32.8 Å². The largest absolute Gasteiger partial charge is 0.480 e. The Morgan fingerprint density at radius 3 is 2.86 bits per heavy atom. The summed E-state index contributed by atoms with van der Waals surface area (Å²) in [5.74, 6) is 1.35. The summed E-state index contributed by atoms with van der Waals surface area (Å²) in [5, 5.41) is 0.891. The summed E-state index contributed by atoms with van der Waals surface area (Å²) in [6.07, 6.45) is 3.32. The second-order valence-corrected chi connectivity index (χ2v) is 3.68. The lowest BCUT2D eigenvalue weighted by molar-refractivity contribution is 0.395. The molecule has 5 heteroatoms. The Morgan fingerprint density at radius 2 is 2.29 bits per heavy atom. The monoisotopic (exact) mass is 259 g/mol. The lowest BCUT2D eigenvalue weighted by Gasteiger charge is -2.23. The number of hydrogen-bond acceptors (Lipinski definition) is 4. The first-order chi connectivity index (χ1) is 6.69. The molecule has 1 aromatic rings. The van der Waals surface area contributed by atoms with E-state index >= 15 is 0 Å². The first-order valence-electron chi connectivity index (χ1n) is 4.34. The van der Waals surface area contributed by atoms with Crippen molar-refractivity contribution in [1.29, 1.82) is 0 Å². The molecule has 0 saturated carbocycles. The summed E-state index contributed by atoms with van der Waals surface area (Å²) in [6, 6.07) is 0.372. The molecule has 78 valence electrons. The summed E-state index contributed by atoms with van der Waals surface area (Å²) in [6.45, 7) is 2.11. The fraction of sp³-hybridized carbons (Fsp3) is 0.556. The van der Waals surface area contributed by atoms with E-state index < -0.39 is 0 Å². The number of aromatic nitrogens is 2. The van der Waals surface area contributed by atoms with Gasteiger partial charge in [0.05, 0.1) is 19.5 Å². The Kier molecular flexibility index (Phi) is 4.13. The van der Waals surface area contributed by atoms with E-state index in [0.29, 0.717) is 11.9 Å². The Bertz CT molecular complexity index is 295. The topological polar surface area (TPSA) is 38.2 Å². The van der Waals surface area contributed by atoms with Crippen molar-refractivity contribution >= 4 is 21.7 Å². The predicted octanol–water partition coefficient (Wildman–Crippen LogP) is 1.70. The molecule has 0 spiro atoms. The van der Waals surface area contributed by atoms with Crippen LogP contribution in [-0.4, -0.2) is 35.5 Å². The lowest BCUT2D eigenvalue weighted by atomic mass is 10.3. The maximum absolute atomic E-state index is 5.01. The second kappa shape index (κ2) is 5.14. The minimum Gasteiger partial charge on any atom is -0.480 e. The molecule has 0 aromatic carbocycles. The van der Waals surface area contributed by atoms with Crippen LogP contribution in [0.1, 0.15) is 6.92 Å². The van der Waals surface area contributed by atoms with Crippen LogP contribution in [0.25, 0.3) is 0 Å². The molecular formula is C9H14BrN3O. The summed E-state index contributed by atoms with van der Waals surface area (Å²) >= 11 is 3.43. The summed E-state index contributed by atoms with van der Waals surface area (Å²) < 4.78 is 5.01. The van der Waals surface area contributed by atoms with Crippen LogP contribution >= 0.6 is 15.9 Å². The highest BCUT2D eigenvalue weighted by atomic mass is 79.9. The van der Waals surface area contributed by atoms with Gasteiger partial charge in [-0.2, -0.15) is 4.98 Å². The number of rotatable bonds is 4. The van der Waals surface area contributed by atoms with Gasteiger partial charge < -0.3 is 9.64 Å². The molecule has 0 radical (unpaired) electrons. The zero-order valence-electron chi connectivity index (χ0n) is 8.57. The summed E-state index contributed by atoms with van der Waals surface area (Å²) in [5.41, 5.74) is 0. The predicted molar refractivity (Wildman–Crippen MR) is 60.2 cm³/mol. The van der Waals surface area contributed by atoms with Gasteiger partial charge in [0.25, 0.3) is 0 Å². The third-order valence-electron chi connectivity index (χ3n) is 2.05. The first kappa shape index (κ1) is 11.2. The number of anilines is 1. The molecule has 1 aromatic heterocycles. The van der Waals surface area contributed by atoms with Gasteiger partial charge in [0.2, 0.25) is 5.88 Å². The molecule has 0 N–H and O–H groups in total. The molecule has 4 nitrogen and oxygen atoms in total. The van der Waals surface area contributed by atoms with Gasteiger partial charge in [0.1, 0.15) is 0 Å². The minimum atomic E-state index is 0.372. The molecule has 0 saturated heterocycles. The van der Waals surface area contributed by atoms with E-state index in [0.717, 1.165) is 11.1 Å². The van der Waals surface area contributed by atoms with Crippen molar-refractivity contribution in [3.63, 3.8) is 0 Å². The minimum absolute atomic E-state index is 0.372. The van der Waals surface area contributed by atoms with Gasteiger partial charge in [-0.25, -0.2) is 0 Å². The molecule has 14 heavy (non-hydrogen) atoms.